The molecule has 3 rings (SSSR count). The molecule has 1 unspecified atom stereocenters. The SMILES string of the molecule is COc1ccc(C(CNC(=O)c2cc(C)oc2C)N2CCCC2)cc1. The lowest BCUT2D eigenvalue weighted by Gasteiger charge is -2.28. The van der Waals surface area contributed by atoms with Gasteiger partial charge < -0.3 is 14.5 Å². The number of aryl methyl sites for hydroxylation is 2. The van der Waals surface area contributed by atoms with Crippen molar-refractivity contribution < 1.29 is 13.9 Å². The van der Waals surface area contributed by atoms with Gasteiger partial charge in [0.15, 0.2) is 0 Å². The van der Waals surface area contributed by atoms with E-state index in [1.54, 1.807) is 13.2 Å². The fraction of sp³-hybridized carbons (Fsp3) is 0.450. The van der Waals surface area contributed by atoms with Crippen molar-refractivity contribution in [2.24, 2.45) is 0 Å². The summed E-state index contributed by atoms with van der Waals surface area (Å²) in [7, 11) is 1.67. The Hall–Kier alpha value is -2.27. The number of benzene rings is 1. The zero-order valence-electron chi connectivity index (χ0n) is 15.2. The van der Waals surface area contributed by atoms with Crippen LogP contribution in [0.25, 0.3) is 0 Å². The zero-order chi connectivity index (χ0) is 17.8. The van der Waals surface area contributed by atoms with Gasteiger partial charge in [-0.2, -0.15) is 0 Å². The lowest BCUT2D eigenvalue weighted by atomic mass is 10.0. The molecule has 5 nitrogen and oxygen atoms in total. The van der Waals surface area contributed by atoms with Crippen molar-refractivity contribution in [3.63, 3.8) is 0 Å². The van der Waals surface area contributed by atoms with Gasteiger partial charge in [0, 0.05) is 6.54 Å². The van der Waals surface area contributed by atoms with Gasteiger partial charge in [0.2, 0.25) is 0 Å². The lowest BCUT2D eigenvalue weighted by molar-refractivity contribution is 0.0936. The fourth-order valence-corrected chi connectivity index (χ4v) is 3.48. The van der Waals surface area contributed by atoms with Crippen LogP contribution in [-0.2, 0) is 0 Å². The van der Waals surface area contributed by atoms with Crippen molar-refractivity contribution in [3.8, 4) is 5.75 Å². The van der Waals surface area contributed by atoms with Gasteiger partial charge in [0.1, 0.15) is 17.3 Å². The van der Waals surface area contributed by atoms with Gasteiger partial charge in [-0.3, -0.25) is 9.69 Å². The minimum atomic E-state index is -0.0768. The molecule has 0 aliphatic carbocycles. The zero-order valence-corrected chi connectivity index (χ0v) is 15.2. The Morgan fingerprint density at radius 2 is 1.92 bits per heavy atom. The van der Waals surface area contributed by atoms with E-state index in [0.717, 1.165) is 24.6 Å². The molecule has 1 aliphatic rings. The number of ether oxygens (including phenoxy) is 1. The van der Waals surface area contributed by atoms with E-state index >= 15 is 0 Å². The molecule has 2 heterocycles. The summed E-state index contributed by atoms with van der Waals surface area (Å²) in [5.74, 6) is 2.19. The first-order valence-corrected chi connectivity index (χ1v) is 8.81. The topological polar surface area (TPSA) is 54.7 Å². The summed E-state index contributed by atoms with van der Waals surface area (Å²) >= 11 is 0. The monoisotopic (exact) mass is 342 g/mol. The first-order chi connectivity index (χ1) is 12.1. The normalized spacial score (nSPS) is 16.0. The molecule has 1 aromatic carbocycles. The fourth-order valence-electron chi connectivity index (χ4n) is 3.48. The molecule has 134 valence electrons. The molecule has 0 saturated carbocycles. The van der Waals surface area contributed by atoms with Crippen LogP contribution < -0.4 is 10.1 Å². The van der Waals surface area contributed by atoms with Crippen molar-refractivity contribution in [2.75, 3.05) is 26.7 Å². The van der Waals surface area contributed by atoms with Gasteiger partial charge in [-0.05, 0) is 63.5 Å². The maximum Gasteiger partial charge on any atom is 0.254 e. The smallest absolute Gasteiger partial charge is 0.254 e. The van der Waals surface area contributed by atoms with E-state index in [-0.39, 0.29) is 11.9 Å². The summed E-state index contributed by atoms with van der Waals surface area (Å²) in [5.41, 5.74) is 1.82. The van der Waals surface area contributed by atoms with E-state index in [2.05, 4.69) is 22.3 Å². The molecule has 5 heteroatoms. The van der Waals surface area contributed by atoms with E-state index in [4.69, 9.17) is 9.15 Å². The Labute approximate surface area is 149 Å². The van der Waals surface area contributed by atoms with Gasteiger partial charge >= 0.3 is 0 Å². The first kappa shape index (κ1) is 17.5. The highest BCUT2D eigenvalue weighted by Gasteiger charge is 2.24. The number of methoxy groups -OCH3 is 1. The maximum atomic E-state index is 12.5. The molecule has 0 spiro atoms. The number of nitrogens with zero attached hydrogens (tertiary/aromatic N) is 1. The summed E-state index contributed by atoms with van der Waals surface area (Å²) in [5, 5.41) is 3.09. The second-order valence-corrected chi connectivity index (χ2v) is 6.57. The van der Waals surface area contributed by atoms with Crippen molar-refractivity contribution in [3.05, 3.63) is 53.0 Å². The van der Waals surface area contributed by atoms with Gasteiger partial charge in [0.05, 0.1) is 18.7 Å². The molecule has 0 radical (unpaired) electrons. The predicted octanol–water partition coefficient (Wildman–Crippen LogP) is 3.47. The molecule has 25 heavy (non-hydrogen) atoms. The van der Waals surface area contributed by atoms with Crippen LogP contribution in [0.1, 0.15) is 46.3 Å². The number of hydrogen-bond acceptors (Lipinski definition) is 4. The number of likely N-dealkylation sites (tertiary alicyclic amines) is 1. The third kappa shape index (κ3) is 4.04. The number of nitrogens with one attached hydrogen (secondary N) is 1. The highest BCUT2D eigenvalue weighted by Crippen LogP contribution is 2.26. The molecule has 0 bridgehead atoms. The number of amides is 1. The van der Waals surface area contributed by atoms with Crippen LogP contribution in [0.4, 0.5) is 0 Å². The van der Waals surface area contributed by atoms with Gasteiger partial charge in [-0.1, -0.05) is 12.1 Å². The molecular weight excluding hydrogens is 316 g/mol. The molecule has 1 N–H and O–H groups in total. The first-order valence-electron chi connectivity index (χ1n) is 8.81. The molecule has 1 aliphatic heterocycles. The summed E-state index contributed by atoms with van der Waals surface area (Å²) in [6.45, 7) is 6.39. The summed E-state index contributed by atoms with van der Waals surface area (Å²) in [6, 6.07) is 10.1. The third-order valence-corrected chi connectivity index (χ3v) is 4.82. The van der Waals surface area contributed by atoms with Crippen LogP contribution in [0.2, 0.25) is 0 Å². The minimum absolute atomic E-state index is 0.0768. The number of rotatable bonds is 6. The molecule has 1 fully saturated rings. The number of furan rings is 1. The van der Waals surface area contributed by atoms with E-state index in [9.17, 15) is 4.79 Å². The van der Waals surface area contributed by atoms with Crippen LogP contribution >= 0.6 is 0 Å². The Kier molecular flexibility index (Phi) is 5.43. The number of carbonyl (C=O) groups is 1. The van der Waals surface area contributed by atoms with Crippen molar-refractivity contribution >= 4 is 5.91 Å². The largest absolute Gasteiger partial charge is 0.497 e. The molecule has 1 aromatic heterocycles. The van der Waals surface area contributed by atoms with Gasteiger partial charge in [-0.15, -0.1) is 0 Å². The van der Waals surface area contributed by atoms with Crippen LogP contribution in [0, 0.1) is 13.8 Å². The van der Waals surface area contributed by atoms with E-state index in [1.165, 1.54) is 18.4 Å². The van der Waals surface area contributed by atoms with Crippen LogP contribution in [0.5, 0.6) is 5.75 Å². The maximum absolute atomic E-state index is 12.5. The van der Waals surface area contributed by atoms with Crippen LogP contribution in [0.15, 0.2) is 34.7 Å². The van der Waals surface area contributed by atoms with E-state index < -0.39 is 0 Å². The minimum Gasteiger partial charge on any atom is -0.497 e. The molecule has 1 atom stereocenters. The van der Waals surface area contributed by atoms with Crippen molar-refractivity contribution in [1.82, 2.24) is 10.2 Å². The second-order valence-electron chi connectivity index (χ2n) is 6.57. The third-order valence-electron chi connectivity index (χ3n) is 4.82. The van der Waals surface area contributed by atoms with E-state index in [1.807, 2.05) is 26.0 Å². The quantitative estimate of drug-likeness (QED) is 0.873. The summed E-state index contributed by atoms with van der Waals surface area (Å²) in [4.78, 5) is 15.0. The van der Waals surface area contributed by atoms with E-state index in [0.29, 0.717) is 17.9 Å². The van der Waals surface area contributed by atoms with Crippen LogP contribution in [-0.4, -0.2) is 37.6 Å². The van der Waals surface area contributed by atoms with Crippen molar-refractivity contribution in [2.45, 2.75) is 32.7 Å². The standard InChI is InChI=1S/C20H26N2O3/c1-14-12-18(15(2)25-14)20(23)21-13-19(22-10-4-5-11-22)16-6-8-17(24-3)9-7-16/h6-9,12,19H,4-5,10-11,13H2,1-3H3,(H,21,23). The molecule has 1 amide bonds. The highest BCUT2D eigenvalue weighted by atomic mass is 16.5. The summed E-state index contributed by atoms with van der Waals surface area (Å²) < 4.78 is 10.7. The van der Waals surface area contributed by atoms with Gasteiger partial charge in [-0.25, -0.2) is 0 Å². The second kappa shape index (κ2) is 7.74. The van der Waals surface area contributed by atoms with Crippen LogP contribution in [0.3, 0.4) is 0 Å². The Morgan fingerprint density at radius 3 is 2.48 bits per heavy atom. The Bertz CT molecular complexity index is 715. The predicted molar refractivity (Wildman–Crippen MR) is 97.1 cm³/mol. The molecule has 2 aromatic rings. The lowest BCUT2D eigenvalue weighted by Crippen LogP contribution is -2.36. The molecular formula is C20H26N2O3. The number of carbonyl (C=O) groups excluding carboxylic acids is 1. The average Bonchev–Trinajstić information content (AvgIpc) is 3.25. The average molecular weight is 342 g/mol. The van der Waals surface area contributed by atoms with Gasteiger partial charge in [0.25, 0.3) is 5.91 Å². The Balaban J connectivity index is 1.73. The Morgan fingerprint density at radius 1 is 1.24 bits per heavy atom. The molecule has 1 saturated heterocycles. The summed E-state index contributed by atoms with van der Waals surface area (Å²) in [6.07, 6.45) is 2.42. The van der Waals surface area contributed by atoms with Crippen molar-refractivity contribution in [1.29, 1.82) is 0 Å². The number of hydrogen-bond donors (Lipinski definition) is 1. The highest BCUT2D eigenvalue weighted by molar-refractivity contribution is 5.95.